The van der Waals surface area contributed by atoms with Crippen LogP contribution in [0.3, 0.4) is 0 Å². The van der Waals surface area contributed by atoms with Crippen LogP contribution in [0.4, 0.5) is 0 Å². The van der Waals surface area contributed by atoms with Crippen LogP contribution in [0.25, 0.3) is 0 Å². The van der Waals surface area contributed by atoms with E-state index in [0.717, 1.165) is 25.2 Å². The van der Waals surface area contributed by atoms with Crippen molar-refractivity contribution < 1.29 is 4.79 Å². The van der Waals surface area contributed by atoms with E-state index in [0.29, 0.717) is 11.7 Å². The minimum atomic E-state index is 0.323. The summed E-state index contributed by atoms with van der Waals surface area (Å²) in [7, 11) is 0. The highest BCUT2D eigenvalue weighted by Gasteiger charge is 2.18. The predicted octanol–water partition coefficient (Wildman–Crippen LogP) is 4.13. The van der Waals surface area contributed by atoms with Crippen LogP contribution in [-0.2, 0) is 4.79 Å². The summed E-state index contributed by atoms with van der Waals surface area (Å²) in [5, 5.41) is 0. The summed E-state index contributed by atoms with van der Waals surface area (Å²) in [5.41, 5.74) is 1.53. The molecule has 1 rings (SSSR count). The van der Waals surface area contributed by atoms with E-state index in [1.807, 2.05) is 0 Å². The van der Waals surface area contributed by atoms with Gasteiger partial charge >= 0.3 is 0 Å². The van der Waals surface area contributed by atoms with Crippen molar-refractivity contribution in [3.8, 4) is 0 Å². The molecule has 1 aliphatic carbocycles. The molecule has 0 bridgehead atoms. The molecule has 0 aromatic heterocycles. The number of hydrogen-bond donors (Lipinski definition) is 0. The number of hydrogen-bond acceptors (Lipinski definition) is 1. The first kappa shape index (κ1) is 12.5. The first-order chi connectivity index (χ1) is 7.09. The molecule has 0 amide bonds. The average Bonchev–Trinajstić information content (AvgIpc) is 2.17. The zero-order valence-electron chi connectivity index (χ0n) is 10.4. The third-order valence-electron chi connectivity index (χ3n) is 3.31. The smallest absolute Gasteiger partial charge is 0.133 e. The maximum absolute atomic E-state index is 11.3. The minimum Gasteiger partial charge on any atom is -0.300 e. The molecule has 86 valence electrons. The van der Waals surface area contributed by atoms with Gasteiger partial charge in [0.25, 0.3) is 0 Å². The summed E-state index contributed by atoms with van der Waals surface area (Å²) in [5.74, 6) is 1.51. The Labute approximate surface area is 93.9 Å². The van der Waals surface area contributed by atoms with Gasteiger partial charge in [-0.1, -0.05) is 31.9 Å². The molecule has 0 aliphatic heterocycles. The third-order valence-corrected chi connectivity index (χ3v) is 3.31. The van der Waals surface area contributed by atoms with Crippen molar-refractivity contribution >= 4 is 5.78 Å². The monoisotopic (exact) mass is 208 g/mol. The van der Waals surface area contributed by atoms with Gasteiger partial charge in [-0.2, -0.15) is 0 Å². The highest BCUT2D eigenvalue weighted by atomic mass is 16.1. The molecule has 1 unspecified atom stereocenters. The van der Waals surface area contributed by atoms with Gasteiger partial charge in [0, 0.05) is 5.92 Å². The van der Waals surface area contributed by atoms with Gasteiger partial charge in [-0.3, -0.25) is 4.79 Å². The Hall–Kier alpha value is -0.590. The molecule has 0 saturated carbocycles. The van der Waals surface area contributed by atoms with E-state index in [2.05, 4.69) is 19.9 Å². The van der Waals surface area contributed by atoms with Gasteiger partial charge in [-0.15, -0.1) is 0 Å². The summed E-state index contributed by atoms with van der Waals surface area (Å²) in [6.45, 7) is 6.28. The number of carbonyl (C=O) groups is 1. The van der Waals surface area contributed by atoms with Crippen molar-refractivity contribution in [3.63, 3.8) is 0 Å². The Bertz CT molecular complexity index is 238. The van der Waals surface area contributed by atoms with Crippen LogP contribution in [0.5, 0.6) is 0 Å². The summed E-state index contributed by atoms with van der Waals surface area (Å²) in [6.07, 6.45) is 9.38. The van der Waals surface area contributed by atoms with Gasteiger partial charge in [0.2, 0.25) is 0 Å². The van der Waals surface area contributed by atoms with Crippen LogP contribution >= 0.6 is 0 Å². The molecule has 0 aromatic rings. The fraction of sp³-hybridized carbons (Fsp3) is 0.786. The number of rotatable bonds is 5. The van der Waals surface area contributed by atoms with E-state index >= 15 is 0 Å². The molecule has 0 heterocycles. The molecule has 15 heavy (non-hydrogen) atoms. The Morgan fingerprint density at radius 3 is 2.87 bits per heavy atom. The zero-order chi connectivity index (χ0) is 11.3. The van der Waals surface area contributed by atoms with E-state index in [9.17, 15) is 4.79 Å². The number of carbonyl (C=O) groups excluding carboxylic acids is 1. The first-order valence-electron chi connectivity index (χ1n) is 6.28. The lowest BCUT2D eigenvalue weighted by atomic mass is 9.84. The molecule has 0 saturated heterocycles. The van der Waals surface area contributed by atoms with Crippen LogP contribution in [0.2, 0.25) is 0 Å². The normalized spacial score (nSPS) is 21.6. The number of allylic oxidation sites excluding steroid dienone is 2. The number of Topliss-reactive ketones (excluding diaryl/α,β-unsaturated/α-hetero) is 1. The van der Waals surface area contributed by atoms with E-state index in [1.54, 1.807) is 6.92 Å². The van der Waals surface area contributed by atoms with Crippen molar-refractivity contribution in [2.45, 2.75) is 59.3 Å². The second-order valence-electron chi connectivity index (χ2n) is 5.24. The van der Waals surface area contributed by atoms with Crippen LogP contribution < -0.4 is 0 Å². The lowest BCUT2D eigenvalue weighted by Crippen LogP contribution is -2.14. The molecule has 0 fully saturated rings. The summed E-state index contributed by atoms with van der Waals surface area (Å²) >= 11 is 0. The molecule has 1 heteroatoms. The second-order valence-corrected chi connectivity index (χ2v) is 5.24. The lowest BCUT2D eigenvalue weighted by Gasteiger charge is -2.20. The third kappa shape index (κ3) is 4.63. The largest absolute Gasteiger partial charge is 0.300 e. The van der Waals surface area contributed by atoms with Crippen molar-refractivity contribution in [1.82, 2.24) is 0 Å². The van der Waals surface area contributed by atoms with Crippen LogP contribution in [0.15, 0.2) is 11.6 Å². The Morgan fingerprint density at radius 1 is 1.53 bits per heavy atom. The Morgan fingerprint density at radius 2 is 2.27 bits per heavy atom. The van der Waals surface area contributed by atoms with Crippen molar-refractivity contribution in [2.75, 3.05) is 0 Å². The van der Waals surface area contributed by atoms with Gasteiger partial charge in [-0.05, 0) is 44.9 Å². The quantitative estimate of drug-likeness (QED) is 0.621. The summed E-state index contributed by atoms with van der Waals surface area (Å²) < 4.78 is 0. The first-order valence-corrected chi connectivity index (χ1v) is 6.28. The average molecular weight is 208 g/mol. The van der Waals surface area contributed by atoms with E-state index in [4.69, 9.17) is 0 Å². The highest BCUT2D eigenvalue weighted by Crippen LogP contribution is 2.28. The lowest BCUT2D eigenvalue weighted by molar-refractivity contribution is -0.121. The van der Waals surface area contributed by atoms with Crippen molar-refractivity contribution in [1.29, 1.82) is 0 Å². The summed E-state index contributed by atoms with van der Waals surface area (Å²) in [6, 6.07) is 0. The van der Waals surface area contributed by atoms with E-state index in [-0.39, 0.29) is 0 Å². The molecule has 0 spiro atoms. The van der Waals surface area contributed by atoms with Crippen LogP contribution in [0.1, 0.15) is 59.3 Å². The maximum atomic E-state index is 11.3. The fourth-order valence-electron chi connectivity index (χ4n) is 2.28. The van der Waals surface area contributed by atoms with Crippen LogP contribution in [0, 0.1) is 11.8 Å². The molecule has 1 aliphatic rings. The predicted molar refractivity (Wildman–Crippen MR) is 64.8 cm³/mol. The molecular weight excluding hydrogens is 184 g/mol. The SMILES string of the molecule is CC(=O)C1CCC=C(CCCC(C)C)C1. The maximum Gasteiger partial charge on any atom is 0.133 e. The van der Waals surface area contributed by atoms with Gasteiger partial charge in [0.15, 0.2) is 0 Å². The summed E-state index contributed by atoms with van der Waals surface area (Å²) in [4.78, 5) is 11.3. The highest BCUT2D eigenvalue weighted by molar-refractivity contribution is 5.78. The number of ketones is 1. The van der Waals surface area contributed by atoms with Crippen molar-refractivity contribution in [2.24, 2.45) is 11.8 Å². The Balaban J connectivity index is 2.30. The molecule has 0 N–H and O–H groups in total. The molecule has 1 atom stereocenters. The fourth-order valence-corrected chi connectivity index (χ4v) is 2.28. The van der Waals surface area contributed by atoms with E-state index in [1.165, 1.54) is 24.8 Å². The zero-order valence-corrected chi connectivity index (χ0v) is 10.4. The van der Waals surface area contributed by atoms with Crippen molar-refractivity contribution in [3.05, 3.63) is 11.6 Å². The second kappa shape index (κ2) is 6.09. The van der Waals surface area contributed by atoms with Gasteiger partial charge in [-0.25, -0.2) is 0 Å². The van der Waals surface area contributed by atoms with Crippen LogP contribution in [-0.4, -0.2) is 5.78 Å². The van der Waals surface area contributed by atoms with E-state index < -0.39 is 0 Å². The Kier molecular flexibility index (Phi) is 5.07. The molecule has 1 nitrogen and oxygen atoms in total. The molecule has 0 aromatic carbocycles. The topological polar surface area (TPSA) is 17.1 Å². The van der Waals surface area contributed by atoms with Gasteiger partial charge in [0.05, 0.1) is 0 Å². The minimum absolute atomic E-state index is 0.323. The molecule has 0 radical (unpaired) electrons. The molecular formula is C14H24O. The standard InChI is InChI=1S/C14H24O/c1-11(2)6-4-7-13-8-5-9-14(10-13)12(3)15/h8,11,14H,4-7,9-10H2,1-3H3. The van der Waals surface area contributed by atoms with Gasteiger partial charge in [0.1, 0.15) is 5.78 Å². The van der Waals surface area contributed by atoms with Gasteiger partial charge < -0.3 is 0 Å².